The second-order valence-electron chi connectivity index (χ2n) is 13.6. The van der Waals surface area contributed by atoms with Crippen molar-refractivity contribution in [3.05, 3.63) is 41.3 Å². The summed E-state index contributed by atoms with van der Waals surface area (Å²) in [5.74, 6) is -3.24. The lowest BCUT2D eigenvalue weighted by atomic mass is 10.0. The highest BCUT2D eigenvalue weighted by atomic mass is 32.2. The van der Waals surface area contributed by atoms with Crippen molar-refractivity contribution in [2.24, 2.45) is 5.92 Å². The number of rotatable bonds is 14. The number of phenols is 1. The highest BCUT2D eigenvalue weighted by Gasteiger charge is 2.32. The summed E-state index contributed by atoms with van der Waals surface area (Å²) in [6.07, 6.45) is 0.897. The molecule has 0 saturated carbocycles. The van der Waals surface area contributed by atoms with Gasteiger partial charge in [-0.3, -0.25) is 19.2 Å². The molecule has 0 aromatic heterocycles. The van der Waals surface area contributed by atoms with Crippen molar-refractivity contribution in [2.75, 3.05) is 6.26 Å². The maximum atomic E-state index is 13.5. The molecule has 4 atom stereocenters. The number of phenolic OH excluding ortho intramolecular Hbond substituents is 1. The van der Waals surface area contributed by atoms with Gasteiger partial charge in [-0.1, -0.05) is 32.1 Å². The molecule has 4 amide bonds. The third kappa shape index (κ3) is 17.4. The Morgan fingerprint density at radius 2 is 1.36 bits per heavy atom. The second-order valence-corrected chi connectivity index (χ2v) is 15.5. The standard InChI is InChI=1S/C32H50N4O10S/c1-19(2)26(36-28(40)24(35-30(42)46-32(7,8)9)17-21-11-13-23(37)14-12-21)29(41)33-20(3)27(39)34-22(15-16-47(10,43)44)18-25(38)45-31(4,5)6/h11-16,19-20,22,24,26,37H,17-18H2,1-10H3,(H,33,41)(H,34,39)(H,35,42)(H,36,40)/b16-15+/t20-,22+,24-,26-/m0/s1. The van der Waals surface area contributed by atoms with Crippen LogP contribution >= 0.6 is 0 Å². The van der Waals surface area contributed by atoms with E-state index in [2.05, 4.69) is 21.3 Å². The molecule has 0 spiro atoms. The second kappa shape index (κ2) is 17.1. The molecule has 0 aliphatic heterocycles. The van der Waals surface area contributed by atoms with Crippen LogP contribution in [0.2, 0.25) is 0 Å². The molecule has 0 aliphatic carbocycles. The number of carbonyl (C=O) groups is 5. The maximum Gasteiger partial charge on any atom is 0.408 e. The minimum Gasteiger partial charge on any atom is -0.508 e. The number of aromatic hydroxyl groups is 1. The van der Waals surface area contributed by atoms with Gasteiger partial charge in [-0.15, -0.1) is 0 Å². The van der Waals surface area contributed by atoms with Gasteiger partial charge in [0.25, 0.3) is 0 Å². The van der Waals surface area contributed by atoms with Gasteiger partial charge in [0.1, 0.15) is 35.1 Å². The molecule has 0 unspecified atom stereocenters. The van der Waals surface area contributed by atoms with E-state index in [-0.39, 0.29) is 18.6 Å². The minimum atomic E-state index is -3.58. The SMILES string of the molecule is CC(C)[C@H](NC(=O)[C@H](Cc1ccc(O)cc1)NC(=O)OC(C)(C)C)C(=O)N[C@@H](C)C(=O)N[C@H](/C=C/S(C)(=O)=O)CC(=O)OC(C)(C)C. The number of hydrogen-bond acceptors (Lipinski definition) is 10. The van der Waals surface area contributed by atoms with Crippen LogP contribution < -0.4 is 21.3 Å². The Morgan fingerprint density at radius 3 is 1.85 bits per heavy atom. The van der Waals surface area contributed by atoms with Crippen LogP contribution in [0.4, 0.5) is 4.79 Å². The van der Waals surface area contributed by atoms with E-state index >= 15 is 0 Å². The zero-order chi connectivity index (χ0) is 36.3. The molecule has 14 nitrogen and oxygen atoms in total. The van der Waals surface area contributed by atoms with Crippen LogP contribution in [0.1, 0.15) is 74.3 Å². The lowest BCUT2D eigenvalue weighted by Gasteiger charge is -2.28. The molecule has 1 aromatic carbocycles. The molecular formula is C32H50N4O10S. The van der Waals surface area contributed by atoms with Crippen LogP contribution in [-0.2, 0) is 44.9 Å². The monoisotopic (exact) mass is 682 g/mol. The average molecular weight is 683 g/mol. The van der Waals surface area contributed by atoms with Crippen LogP contribution in [-0.4, -0.2) is 84.9 Å². The first-order chi connectivity index (χ1) is 21.3. The fraction of sp³-hybridized carbons (Fsp3) is 0.594. The van der Waals surface area contributed by atoms with E-state index in [4.69, 9.17) is 9.47 Å². The van der Waals surface area contributed by atoms with Gasteiger partial charge in [0.2, 0.25) is 17.7 Å². The maximum absolute atomic E-state index is 13.5. The summed E-state index contributed by atoms with van der Waals surface area (Å²) in [4.78, 5) is 64.8. The number of amides is 4. The lowest BCUT2D eigenvalue weighted by Crippen LogP contribution is -2.58. The molecule has 15 heteroatoms. The Kier molecular flexibility index (Phi) is 14.9. The molecule has 1 aromatic rings. The molecule has 0 heterocycles. The number of sulfone groups is 1. The smallest absolute Gasteiger partial charge is 0.408 e. The average Bonchev–Trinajstić information content (AvgIpc) is 2.88. The number of ether oxygens (including phenoxy) is 2. The predicted molar refractivity (Wildman–Crippen MR) is 176 cm³/mol. The molecule has 1 rings (SSSR count). The van der Waals surface area contributed by atoms with E-state index in [1.165, 1.54) is 19.1 Å². The van der Waals surface area contributed by atoms with Crippen LogP contribution in [0.3, 0.4) is 0 Å². The van der Waals surface area contributed by atoms with Gasteiger partial charge >= 0.3 is 12.1 Å². The number of nitrogens with one attached hydrogen (secondary N) is 4. The molecule has 47 heavy (non-hydrogen) atoms. The molecule has 0 bridgehead atoms. The van der Waals surface area contributed by atoms with E-state index in [1.807, 2.05) is 0 Å². The van der Waals surface area contributed by atoms with Crippen molar-refractivity contribution in [1.29, 1.82) is 0 Å². The highest BCUT2D eigenvalue weighted by molar-refractivity contribution is 7.93. The number of benzene rings is 1. The minimum absolute atomic E-state index is 0.0105. The van der Waals surface area contributed by atoms with Crippen molar-refractivity contribution < 1.29 is 47.0 Å². The van der Waals surface area contributed by atoms with Gasteiger partial charge in [0, 0.05) is 18.1 Å². The normalized spacial score (nSPS) is 14.8. The zero-order valence-corrected chi connectivity index (χ0v) is 29.6. The largest absolute Gasteiger partial charge is 0.508 e. The zero-order valence-electron chi connectivity index (χ0n) is 28.8. The van der Waals surface area contributed by atoms with E-state index in [9.17, 15) is 37.5 Å². The van der Waals surface area contributed by atoms with Crippen LogP contribution in [0.5, 0.6) is 5.75 Å². The summed E-state index contributed by atoms with van der Waals surface area (Å²) < 4.78 is 33.9. The Hall–Kier alpha value is -4.14. The Balaban J connectivity index is 3.10. The Labute approximate surface area is 277 Å². The van der Waals surface area contributed by atoms with Gasteiger partial charge in [0.15, 0.2) is 9.84 Å². The molecule has 264 valence electrons. The first-order valence-electron chi connectivity index (χ1n) is 15.1. The quantitative estimate of drug-likeness (QED) is 0.181. The third-order valence-electron chi connectivity index (χ3n) is 6.07. The van der Waals surface area contributed by atoms with Crippen LogP contribution in [0.15, 0.2) is 35.7 Å². The van der Waals surface area contributed by atoms with Crippen LogP contribution in [0, 0.1) is 5.92 Å². The topological polar surface area (TPSA) is 206 Å². The molecule has 5 N–H and O–H groups in total. The first kappa shape index (κ1) is 40.9. The van der Waals surface area contributed by atoms with Crippen molar-refractivity contribution in [1.82, 2.24) is 21.3 Å². The summed E-state index contributed by atoms with van der Waals surface area (Å²) in [5.41, 5.74) is -1.04. The van der Waals surface area contributed by atoms with Crippen molar-refractivity contribution in [2.45, 2.75) is 111 Å². The van der Waals surface area contributed by atoms with E-state index in [0.29, 0.717) is 5.56 Å². The van der Waals surface area contributed by atoms with Gasteiger partial charge in [0.05, 0.1) is 12.5 Å². The fourth-order valence-corrected chi connectivity index (χ4v) is 4.43. The fourth-order valence-electron chi connectivity index (χ4n) is 3.96. The summed E-state index contributed by atoms with van der Waals surface area (Å²) in [6, 6.07) is 1.50. The molecule has 0 radical (unpaired) electrons. The number of hydrogen-bond donors (Lipinski definition) is 5. The molecular weight excluding hydrogens is 632 g/mol. The molecule has 0 saturated heterocycles. The number of esters is 1. The van der Waals surface area contributed by atoms with Gasteiger partial charge in [-0.05, 0) is 72.1 Å². The summed E-state index contributed by atoms with van der Waals surface area (Å²) in [5, 5.41) is 20.7. The predicted octanol–water partition coefficient (Wildman–Crippen LogP) is 2.25. The van der Waals surface area contributed by atoms with Crippen molar-refractivity contribution in [3.8, 4) is 5.75 Å². The van der Waals surface area contributed by atoms with E-state index in [1.54, 1.807) is 67.5 Å². The Bertz CT molecular complexity index is 1390. The number of alkyl carbamates (subject to hydrolysis) is 1. The summed E-state index contributed by atoms with van der Waals surface area (Å²) in [6.45, 7) is 14.7. The van der Waals surface area contributed by atoms with E-state index in [0.717, 1.165) is 17.7 Å². The molecule has 0 fully saturated rings. The van der Waals surface area contributed by atoms with Crippen molar-refractivity contribution >= 4 is 39.6 Å². The number of carbonyl (C=O) groups excluding carboxylic acids is 5. The van der Waals surface area contributed by atoms with Gasteiger partial charge < -0.3 is 35.8 Å². The van der Waals surface area contributed by atoms with Gasteiger partial charge in [-0.2, -0.15) is 0 Å². The van der Waals surface area contributed by atoms with Crippen molar-refractivity contribution in [3.63, 3.8) is 0 Å². The van der Waals surface area contributed by atoms with E-state index < -0.39 is 80.9 Å². The van der Waals surface area contributed by atoms with Crippen LogP contribution in [0.25, 0.3) is 0 Å². The highest BCUT2D eigenvalue weighted by Crippen LogP contribution is 2.14. The summed E-state index contributed by atoms with van der Waals surface area (Å²) in [7, 11) is -3.58. The summed E-state index contributed by atoms with van der Waals surface area (Å²) >= 11 is 0. The first-order valence-corrected chi connectivity index (χ1v) is 17.1. The molecule has 0 aliphatic rings. The van der Waals surface area contributed by atoms with Gasteiger partial charge in [-0.25, -0.2) is 13.2 Å². The lowest BCUT2D eigenvalue weighted by molar-refractivity contribution is -0.155. The Morgan fingerprint density at radius 1 is 0.809 bits per heavy atom. The third-order valence-corrected chi connectivity index (χ3v) is 6.73.